The molecule has 0 bridgehead atoms. The molecule has 0 aliphatic heterocycles. The predicted octanol–water partition coefficient (Wildman–Crippen LogP) is 3.57. The van der Waals surface area contributed by atoms with Crippen LogP contribution in [0.15, 0.2) is 16.6 Å². The molecule has 64 valence electrons. The minimum Gasteiger partial charge on any atom is -0.258 e. The van der Waals surface area contributed by atoms with Crippen LogP contribution in [0.5, 0.6) is 0 Å². The van der Waals surface area contributed by atoms with E-state index in [1.807, 2.05) is 22.6 Å². The Morgan fingerprint density at radius 3 is 2.50 bits per heavy atom. The molecule has 3 nitrogen and oxygen atoms in total. The summed E-state index contributed by atoms with van der Waals surface area (Å²) in [6.45, 7) is 0. The van der Waals surface area contributed by atoms with Crippen LogP contribution in [0.2, 0.25) is 0 Å². The third-order valence-corrected chi connectivity index (χ3v) is 5.51. The molecule has 0 saturated carbocycles. The van der Waals surface area contributed by atoms with E-state index in [0.717, 1.165) is 8.04 Å². The highest BCUT2D eigenvalue weighted by Crippen LogP contribution is 2.31. The van der Waals surface area contributed by atoms with E-state index in [2.05, 4.69) is 38.5 Å². The highest BCUT2D eigenvalue weighted by atomic mass is 127. The van der Waals surface area contributed by atoms with Gasteiger partial charge in [0, 0.05) is 9.64 Å². The number of nitro benzene ring substituents is 1. The van der Waals surface area contributed by atoms with Crippen molar-refractivity contribution in [2.45, 2.75) is 0 Å². The number of rotatable bonds is 1. The van der Waals surface area contributed by atoms with Crippen molar-refractivity contribution in [1.82, 2.24) is 0 Å². The fourth-order valence-electron chi connectivity index (χ4n) is 0.657. The fourth-order valence-corrected chi connectivity index (χ4v) is 2.62. The molecule has 0 aliphatic rings. The molecule has 0 N–H and O–H groups in total. The minimum absolute atomic E-state index is 0.142. The van der Waals surface area contributed by atoms with E-state index in [1.165, 1.54) is 6.07 Å². The summed E-state index contributed by atoms with van der Waals surface area (Å²) in [5.41, 5.74) is 0.142. The summed E-state index contributed by atoms with van der Waals surface area (Å²) >= 11 is 7.35. The average Bonchev–Trinajstić information content (AvgIpc) is 2.00. The standard InChI is InChI=1S/C6H2BrI2NO2/c7-5-3(8)1-2-4(6(5)9)10(11)12/h1-2H. The number of nitro groups is 1. The Kier molecular flexibility index (Phi) is 3.71. The zero-order chi connectivity index (χ0) is 9.30. The Labute approximate surface area is 104 Å². The molecular formula is C6H2BrI2NO2. The number of benzene rings is 1. The number of hydrogen-bond acceptors (Lipinski definition) is 2. The Morgan fingerprint density at radius 2 is 2.00 bits per heavy atom. The van der Waals surface area contributed by atoms with Crippen molar-refractivity contribution < 1.29 is 4.92 Å². The molecule has 1 aromatic rings. The SMILES string of the molecule is O=[N+]([O-])c1ccc(I)c(Br)c1I. The molecule has 12 heavy (non-hydrogen) atoms. The molecule has 0 fully saturated rings. The van der Waals surface area contributed by atoms with Crippen molar-refractivity contribution in [3.05, 3.63) is 33.9 Å². The number of halogens is 3. The van der Waals surface area contributed by atoms with Gasteiger partial charge >= 0.3 is 0 Å². The molecule has 0 radical (unpaired) electrons. The number of hydrogen-bond donors (Lipinski definition) is 0. The van der Waals surface area contributed by atoms with Gasteiger partial charge in [0.25, 0.3) is 5.69 Å². The van der Waals surface area contributed by atoms with Gasteiger partial charge in [0.2, 0.25) is 0 Å². The lowest BCUT2D eigenvalue weighted by Crippen LogP contribution is -1.93. The maximum absolute atomic E-state index is 10.5. The summed E-state index contributed by atoms with van der Waals surface area (Å²) in [5.74, 6) is 0. The molecule has 0 saturated heterocycles. The van der Waals surface area contributed by atoms with Crippen LogP contribution in [0, 0.1) is 17.3 Å². The van der Waals surface area contributed by atoms with Crippen LogP contribution in [0.3, 0.4) is 0 Å². The maximum atomic E-state index is 10.5. The van der Waals surface area contributed by atoms with Crippen LogP contribution in [0.25, 0.3) is 0 Å². The summed E-state index contributed by atoms with van der Waals surface area (Å²) in [7, 11) is 0. The van der Waals surface area contributed by atoms with Crippen molar-refractivity contribution in [3.63, 3.8) is 0 Å². The zero-order valence-electron chi connectivity index (χ0n) is 5.55. The highest BCUT2D eigenvalue weighted by Gasteiger charge is 2.15. The molecule has 1 rings (SSSR count). The van der Waals surface area contributed by atoms with Crippen LogP contribution in [-0.4, -0.2) is 4.92 Å². The second-order valence-corrected chi connectivity index (χ2v) is 4.99. The Balaban J connectivity index is 3.36. The van der Waals surface area contributed by atoms with Gasteiger partial charge in [-0.1, -0.05) is 0 Å². The second-order valence-electron chi connectivity index (χ2n) is 1.95. The van der Waals surface area contributed by atoms with E-state index >= 15 is 0 Å². The lowest BCUT2D eigenvalue weighted by Gasteiger charge is -1.99. The maximum Gasteiger partial charge on any atom is 0.283 e. The van der Waals surface area contributed by atoms with Gasteiger partial charge in [-0.15, -0.1) is 0 Å². The molecule has 0 amide bonds. The fraction of sp³-hybridized carbons (Fsp3) is 0. The zero-order valence-corrected chi connectivity index (χ0v) is 11.5. The minimum atomic E-state index is -0.386. The predicted molar refractivity (Wildman–Crippen MR) is 66.2 cm³/mol. The quantitative estimate of drug-likeness (QED) is 0.282. The molecule has 0 atom stereocenters. The molecule has 0 heterocycles. The monoisotopic (exact) mass is 453 g/mol. The van der Waals surface area contributed by atoms with Crippen LogP contribution in [0.1, 0.15) is 0 Å². The lowest BCUT2D eigenvalue weighted by molar-refractivity contribution is -0.385. The van der Waals surface area contributed by atoms with Crippen LogP contribution < -0.4 is 0 Å². The Morgan fingerprint density at radius 1 is 1.42 bits per heavy atom. The first kappa shape index (κ1) is 10.6. The van der Waals surface area contributed by atoms with Gasteiger partial charge in [0.1, 0.15) is 3.57 Å². The molecule has 6 heteroatoms. The molecule has 0 spiro atoms. The van der Waals surface area contributed by atoms with E-state index < -0.39 is 0 Å². The van der Waals surface area contributed by atoms with E-state index in [0.29, 0.717) is 3.57 Å². The first-order valence-corrected chi connectivity index (χ1v) is 5.77. The Bertz CT molecular complexity index is 343. The molecule has 0 unspecified atom stereocenters. The lowest BCUT2D eigenvalue weighted by atomic mass is 10.3. The van der Waals surface area contributed by atoms with Crippen molar-refractivity contribution in [2.24, 2.45) is 0 Å². The van der Waals surface area contributed by atoms with E-state index in [1.54, 1.807) is 6.07 Å². The van der Waals surface area contributed by atoms with Gasteiger partial charge in [-0.25, -0.2) is 0 Å². The number of nitrogens with zero attached hydrogens (tertiary/aromatic N) is 1. The third kappa shape index (κ3) is 2.08. The van der Waals surface area contributed by atoms with Gasteiger partial charge in [-0.05, 0) is 67.2 Å². The summed E-state index contributed by atoms with van der Waals surface area (Å²) in [6.07, 6.45) is 0. The normalized spacial score (nSPS) is 9.92. The van der Waals surface area contributed by atoms with E-state index in [9.17, 15) is 10.1 Å². The van der Waals surface area contributed by atoms with Gasteiger partial charge in [0.15, 0.2) is 0 Å². The topological polar surface area (TPSA) is 43.1 Å². The van der Waals surface area contributed by atoms with Crippen LogP contribution in [-0.2, 0) is 0 Å². The van der Waals surface area contributed by atoms with Crippen LogP contribution in [0.4, 0.5) is 5.69 Å². The molecule has 0 aliphatic carbocycles. The van der Waals surface area contributed by atoms with Crippen molar-refractivity contribution in [1.29, 1.82) is 0 Å². The summed E-state index contributed by atoms with van der Waals surface area (Å²) in [5, 5.41) is 10.5. The second kappa shape index (κ2) is 4.18. The average molecular weight is 454 g/mol. The van der Waals surface area contributed by atoms with Crippen molar-refractivity contribution >= 4 is 66.8 Å². The third-order valence-electron chi connectivity index (χ3n) is 1.21. The van der Waals surface area contributed by atoms with E-state index in [-0.39, 0.29) is 10.6 Å². The molecule has 1 aromatic carbocycles. The van der Waals surface area contributed by atoms with Crippen molar-refractivity contribution in [3.8, 4) is 0 Å². The van der Waals surface area contributed by atoms with Gasteiger partial charge in [-0.3, -0.25) is 10.1 Å². The molecular weight excluding hydrogens is 452 g/mol. The summed E-state index contributed by atoms with van der Waals surface area (Å²) < 4.78 is 2.41. The molecule has 0 aromatic heterocycles. The highest BCUT2D eigenvalue weighted by molar-refractivity contribution is 14.1. The summed E-state index contributed by atoms with van der Waals surface area (Å²) in [6, 6.07) is 3.22. The van der Waals surface area contributed by atoms with E-state index in [4.69, 9.17) is 0 Å². The summed E-state index contributed by atoms with van der Waals surface area (Å²) in [4.78, 5) is 10.1. The first-order chi connectivity index (χ1) is 5.54. The smallest absolute Gasteiger partial charge is 0.258 e. The van der Waals surface area contributed by atoms with Gasteiger partial charge < -0.3 is 0 Å². The van der Waals surface area contributed by atoms with Crippen LogP contribution >= 0.6 is 61.1 Å². The Hall–Kier alpha value is 0.560. The van der Waals surface area contributed by atoms with Crippen molar-refractivity contribution in [2.75, 3.05) is 0 Å². The first-order valence-electron chi connectivity index (χ1n) is 2.82. The largest absolute Gasteiger partial charge is 0.283 e. The van der Waals surface area contributed by atoms with Gasteiger partial charge in [0.05, 0.1) is 9.40 Å². The van der Waals surface area contributed by atoms with Gasteiger partial charge in [-0.2, -0.15) is 0 Å².